The maximum Gasteiger partial charge on any atom is 0.302 e. The van der Waals surface area contributed by atoms with Crippen molar-refractivity contribution in [1.29, 1.82) is 0 Å². The number of aliphatic hydroxyl groups excluding tert-OH is 4. The molecule has 1 amide bonds. The molecule has 17 heteroatoms. The number of aliphatic imine (C=N–C) groups is 3. The quantitative estimate of drug-likeness (QED) is 0.136. The molecule has 17 nitrogen and oxygen atoms in total. The Morgan fingerprint density at radius 2 is 1.61 bits per heavy atom. The van der Waals surface area contributed by atoms with Crippen LogP contribution in [-0.4, -0.2) is 142 Å². The number of hydrogen-bond acceptors (Lipinski definition) is 16. The third-order valence-electron chi connectivity index (χ3n) is 14.2. The summed E-state index contributed by atoms with van der Waals surface area (Å²) in [5, 5.41) is 48.1. The first-order valence-corrected chi connectivity index (χ1v) is 21.0. The van der Waals surface area contributed by atoms with Crippen molar-refractivity contribution in [1.82, 2.24) is 10.2 Å². The molecule has 0 bridgehead atoms. The Hall–Kier alpha value is -2.74. The van der Waals surface area contributed by atoms with E-state index in [9.17, 15) is 34.8 Å². The van der Waals surface area contributed by atoms with Gasteiger partial charge in [0.05, 0.1) is 30.9 Å². The first-order chi connectivity index (χ1) is 27.0. The van der Waals surface area contributed by atoms with Crippen LogP contribution in [-0.2, 0) is 28.6 Å². The van der Waals surface area contributed by atoms with Crippen molar-refractivity contribution in [3.05, 3.63) is 0 Å². The molecule has 4 aliphatic carbocycles. The van der Waals surface area contributed by atoms with Crippen LogP contribution in [0, 0.1) is 41.4 Å². The van der Waals surface area contributed by atoms with E-state index in [1.54, 1.807) is 0 Å². The second-order valence-electron chi connectivity index (χ2n) is 17.5. The van der Waals surface area contributed by atoms with Crippen LogP contribution in [0.5, 0.6) is 0 Å². The van der Waals surface area contributed by atoms with Gasteiger partial charge >= 0.3 is 5.91 Å². The van der Waals surface area contributed by atoms with Gasteiger partial charge in [0, 0.05) is 30.4 Å². The van der Waals surface area contributed by atoms with E-state index in [1.807, 2.05) is 4.90 Å². The van der Waals surface area contributed by atoms with Crippen molar-refractivity contribution < 1.29 is 49.0 Å². The van der Waals surface area contributed by atoms with Crippen molar-refractivity contribution in [2.45, 2.75) is 139 Å². The van der Waals surface area contributed by atoms with Crippen LogP contribution >= 0.6 is 0 Å². The van der Waals surface area contributed by atoms with Crippen LogP contribution in [0.1, 0.15) is 83.5 Å². The molecule has 0 radical (unpaired) electrons. The van der Waals surface area contributed by atoms with Gasteiger partial charge in [-0.25, -0.2) is 0 Å². The highest BCUT2D eigenvalue weighted by molar-refractivity contribution is 6.69. The number of hydrogen-bond donors (Lipinski definition) is 7. The van der Waals surface area contributed by atoms with E-state index >= 15 is 0 Å². The molecule has 56 heavy (non-hydrogen) atoms. The third-order valence-corrected chi connectivity index (χ3v) is 14.2. The van der Waals surface area contributed by atoms with E-state index in [-0.39, 0.29) is 60.6 Å². The minimum absolute atomic E-state index is 0.0149. The summed E-state index contributed by atoms with van der Waals surface area (Å²) in [6.45, 7) is 0.652. The SMILES string of the molecule is NC1=NC(=O)C2=NCN(C3CCCCC3CC3CC4C(=O)C5CCCCC5C(=O)C4C(O)C3O[C@@H]3O[C@@H](CO)[C@H](O)[C@@H](O)[C@@H]3OCCC3CCNC(N)C3)C2=N1. The van der Waals surface area contributed by atoms with Gasteiger partial charge in [-0.3, -0.25) is 19.4 Å². The standard InChI is InChI=1S/C39H59N7O10/c40-26-13-18(9-11-42-26)10-12-54-35-33(52)31(50)25(16-47)55-38(35)56-34-20(15-23-27(32(34)51)30(49)22-7-3-2-6-21(22)29(23)48)14-19-5-1-4-8-24(19)46-17-43-28-36(46)44-39(41)45-37(28)53/h18-27,31-35,38,42,47,50-52H,1-17,40H2,(H2,41,45,53)/t18?,19?,20?,21?,22?,23?,24?,25-,26?,27?,31-,32?,33+,34?,35-,38-/m0/s1. The number of carbonyl (C=O) groups excluding carboxylic acids is 3. The average Bonchev–Trinajstić information content (AvgIpc) is 3.61. The number of amides is 1. The molecule has 4 aliphatic heterocycles. The highest BCUT2D eigenvalue weighted by Gasteiger charge is 2.59. The topological polar surface area (TPSA) is 264 Å². The Labute approximate surface area is 326 Å². The fourth-order valence-electron chi connectivity index (χ4n) is 11.4. The number of rotatable bonds is 10. The number of nitrogens with zero attached hydrogens (tertiary/aromatic N) is 4. The van der Waals surface area contributed by atoms with Crippen molar-refractivity contribution in [2.75, 3.05) is 26.4 Å². The van der Waals surface area contributed by atoms with E-state index in [2.05, 4.69) is 20.3 Å². The molecule has 0 aromatic rings. The van der Waals surface area contributed by atoms with Gasteiger partial charge in [-0.1, -0.05) is 25.7 Å². The molecule has 8 aliphatic rings. The Morgan fingerprint density at radius 1 is 0.857 bits per heavy atom. The number of piperidine rings is 1. The zero-order valence-electron chi connectivity index (χ0n) is 31.9. The lowest BCUT2D eigenvalue weighted by atomic mass is 9.55. The Balaban J connectivity index is 1.08. The zero-order chi connectivity index (χ0) is 39.2. The summed E-state index contributed by atoms with van der Waals surface area (Å²) in [5.74, 6) is -2.73. The molecule has 0 aromatic heterocycles. The highest BCUT2D eigenvalue weighted by atomic mass is 16.7. The van der Waals surface area contributed by atoms with Crippen LogP contribution in [0.2, 0.25) is 0 Å². The van der Waals surface area contributed by atoms with Gasteiger partial charge < -0.3 is 56.3 Å². The van der Waals surface area contributed by atoms with Crippen LogP contribution < -0.4 is 16.8 Å². The minimum atomic E-state index is -1.48. The van der Waals surface area contributed by atoms with Crippen LogP contribution in [0.4, 0.5) is 0 Å². The second kappa shape index (κ2) is 16.9. The van der Waals surface area contributed by atoms with Crippen LogP contribution in [0.25, 0.3) is 0 Å². The van der Waals surface area contributed by atoms with E-state index < -0.39 is 79.1 Å². The van der Waals surface area contributed by atoms with E-state index in [1.165, 1.54) is 0 Å². The lowest BCUT2D eigenvalue weighted by Crippen LogP contribution is -2.64. The second-order valence-corrected chi connectivity index (χ2v) is 17.5. The maximum absolute atomic E-state index is 14.3. The Morgan fingerprint density at radius 3 is 2.38 bits per heavy atom. The molecule has 6 fully saturated rings. The number of fused-ring (bicyclic) bond motifs is 3. The van der Waals surface area contributed by atoms with Crippen molar-refractivity contribution in [3.8, 4) is 0 Å². The Kier molecular flexibility index (Phi) is 12.1. The smallest absolute Gasteiger partial charge is 0.302 e. The summed E-state index contributed by atoms with van der Waals surface area (Å²) in [7, 11) is 0. The zero-order valence-corrected chi connectivity index (χ0v) is 31.9. The van der Waals surface area contributed by atoms with Crippen molar-refractivity contribution in [3.63, 3.8) is 0 Å². The first kappa shape index (κ1) is 40.1. The number of carbonyl (C=O) groups is 3. The summed E-state index contributed by atoms with van der Waals surface area (Å²) in [4.78, 5) is 55.8. The number of nitrogens with one attached hydrogen (secondary N) is 1. The summed E-state index contributed by atoms with van der Waals surface area (Å²) in [5.41, 5.74) is 12.2. The molecule has 9 N–H and O–H groups in total. The minimum Gasteiger partial charge on any atom is -0.394 e. The summed E-state index contributed by atoms with van der Waals surface area (Å²) in [6.07, 6.45) is 0.714. The van der Waals surface area contributed by atoms with Crippen molar-refractivity contribution >= 4 is 35.0 Å². The maximum atomic E-state index is 14.3. The monoisotopic (exact) mass is 785 g/mol. The van der Waals surface area contributed by atoms with E-state index in [4.69, 9.17) is 25.7 Å². The number of guanidine groups is 1. The molecule has 2 saturated heterocycles. The van der Waals surface area contributed by atoms with Gasteiger partial charge in [0.1, 0.15) is 42.7 Å². The van der Waals surface area contributed by atoms with Gasteiger partial charge in [-0.05, 0) is 82.1 Å². The predicted molar refractivity (Wildman–Crippen MR) is 201 cm³/mol. The average molecular weight is 786 g/mol. The van der Waals surface area contributed by atoms with E-state index in [0.717, 1.165) is 57.9 Å². The predicted octanol–water partition coefficient (Wildman–Crippen LogP) is -0.642. The lowest BCUT2D eigenvalue weighted by Gasteiger charge is -2.52. The van der Waals surface area contributed by atoms with Gasteiger partial charge in [0.15, 0.2) is 17.8 Å². The summed E-state index contributed by atoms with van der Waals surface area (Å²) >= 11 is 0. The normalized spacial score (nSPS) is 44.3. The molecule has 4 saturated carbocycles. The number of aliphatic hydroxyl groups is 4. The van der Waals surface area contributed by atoms with Gasteiger partial charge in [-0.15, -0.1) is 0 Å². The molecule has 0 aromatic carbocycles. The summed E-state index contributed by atoms with van der Waals surface area (Å²) in [6, 6.07) is -0.0785. The van der Waals surface area contributed by atoms with E-state index in [0.29, 0.717) is 43.9 Å². The number of ketones is 2. The molecule has 4 heterocycles. The summed E-state index contributed by atoms with van der Waals surface area (Å²) < 4.78 is 19.1. The lowest BCUT2D eigenvalue weighted by molar-refractivity contribution is -0.333. The molecule has 310 valence electrons. The number of amidine groups is 1. The fraction of sp³-hybridized carbons (Fsp3) is 0.846. The molecular weight excluding hydrogens is 726 g/mol. The molecular formula is C39H59N7O10. The fourth-order valence-corrected chi connectivity index (χ4v) is 11.4. The van der Waals surface area contributed by atoms with Crippen molar-refractivity contribution in [2.24, 2.45) is 67.9 Å². The Bertz CT molecular complexity index is 1590. The van der Waals surface area contributed by atoms with Crippen LogP contribution in [0.15, 0.2) is 15.0 Å². The molecule has 11 unspecified atom stereocenters. The number of Topliss-reactive ketones (excluding diaryl/α,β-unsaturated/α-hetero) is 2. The largest absolute Gasteiger partial charge is 0.394 e. The molecule has 8 rings (SSSR count). The molecule has 0 spiro atoms. The number of nitrogens with two attached hydrogens (primary N) is 2. The van der Waals surface area contributed by atoms with Gasteiger partial charge in [0.25, 0.3) is 0 Å². The number of ether oxygens (including phenoxy) is 3. The van der Waals surface area contributed by atoms with Gasteiger partial charge in [0.2, 0.25) is 5.96 Å². The van der Waals surface area contributed by atoms with Gasteiger partial charge in [-0.2, -0.15) is 9.98 Å². The third kappa shape index (κ3) is 7.63. The molecule has 16 atom stereocenters. The van der Waals surface area contributed by atoms with Crippen LogP contribution in [0.3, 0.4) is 0 Å². The highest BCUT2D eigenvalue weighted by Crippen LogP contribution is 2.51. The first-order valence-electron chi connectivity index (χ1n) is 21.0.